The van der Waals surface area contributed by atoms with Crippen molar-refractivity contribution in [3.63, 3.8) is 0 Å². The Morgan fingerprint density at radius 3 is 2.71 bits per heavy atom. The van der Waals surface area contributed by atoms with Gasteiger partial charge in [-0.25, -0.2) is 9.59 Å². The smallest absolute Gasteiger partial charge is 0.410 e. The van der Waals surface area contributed by atoms with E-state index < -0.39 is 11.2 Å². The second kappa shape index (κ2) is 4.78. The minimum Gasteiger partial charge on any atom is -0.485 e. The fourth-order valence-electron chi connectivity index (χ4n) is 3.12. The lowest BCUT2D eigenvalue weighted by molar-refractivity contribution is -0.114. The number of esters is 1. The summed E-state index contributed by atoms with van der Waals surface area (Å²) >= 11 is 0. The topological polar surface area (TPSA) is 74.3 Å². The van der Waals surface area contributed by atoms with Crippen LogP contribution < -0.4 is 9.47 Å². The van der Waals surface area contributed by atoms with Gasteiger partial charge < -0.3 is 18.9 Å². The third kappa shape index (κ3) is 2.35. The first-order chi connectivity index (χ1) is 11.3. The van der Waals surface area contributed by atoms with E-state index in [-0.39, 0.29) is 18.7 Å². The number of likely N-dealkylation sites (tertiary alicyclic amines) is 1. The maximum absolute atomic E-state index is 12.1. The van der Waals surface area contributed by atoms with Crippen LogP contribution >= 0.6 is 0 Å². The number of amides is 1. The number of hydrogen-bond acceptors (Lipinski definition) is 6. The van der Waals surface area contributed by atoms with Gasteiger partial charge in [0.05, 0.1) is 18.7 Å². The van der Waals surface area contributed by atoms with Gasteiger partial charge in [0.15, 0.2) is 17.1 Å². The maximum Gasteiger partial charge on any atom is 0.410 e. The van der Waals surface area contributed by atoms with Crippen LogP contribution in [-0.2, 0) is 16.1 Å². The van der Waals surface area contributed by atoms with Crippen molar-refractivity contribution in [1.82, 2.24) is 4.90 Å². The molecule has 1 fully saturated rings. The number of benzene rings is 1. The van der Waals surface area contributed by atoms with Crippen molar-refractivity contribution in [2.45, 2.75) is 38.6 Å². The molecule has 7 heteroatoms. The number of carbonyl (C=O) groups excluding carboxylic acids is 2. The van der Waals surface area contributed by atoms with Crippen LogP contribution in [-0.4, -0.2) is 47.9 Å². The Balaban J connectivity index is 1.47. The minimum absolute atomic E-state index is 0.206. The normalized spacial score (nSPS) is 20.3. The van der Waals surface area contributed by atoms with Crippen LogP contribution in [0.5, 0.6) is 11.5 Å². The van der Waals surface area contributed by atoms with Gasteiger partial charge in [-0.2, -0.15) is 0 Å². The van der Waals surface area contributed by atoms with Crippen LogP contribution in [0.4, 0.5) is 4.79 Å². The Morgan fingerprint density at radius 2 is 2.00 bits per heavy atom. The number of carbonyl (C=O) groups is 2. The van der Waals surface area contributed by atoms with Gasteiger partial charge in [0, 0.05) is 5.56 Å². The SMILES string of the molecule is CC(C)(C)OC(=O)N1CC2(COc3c(ccc4c3COC4=O)O2)C1. The van der Waals surface area contributed by atoms with Crippen LogP contribution in [0.1, 0.15) is 36.7 Å². The van der Waals surface area contributed by atoms with Crippen molar-refractivity contribution in [1.29, 1.82) is 0 Å². The summed E-state index contributed by atoms with van der Waals surface area (Å²) < 4.78 is 22.3. The average molecular weight is 333 g/mol. The van der Waals surface area contributed by atoms with E-state index >= 15 is 0 Å². The van der Waals surface area contributed by atoms with Crippen molar-refractivity contribution in [2.75, 3.05) is 19.7 Å². The van der Waals surface area contributed by atoms with Crippen LogP contribution in [0.2, 0.25) is 0 Å². The van der Waals surface area contributed by atoms with E-state index in [0.29, 0.717) is 36.8 Å². The van der Waals surface area contributed by atoms with Crippen molar-refractivity contribution in [2.24, 2.45) is 0 Å². The Kier molecular flexibility index (Phi) is 3.01. The monoisotopic (exact) mass is 333 g/mol. The molecule has 4 rings (SSSR count). The van der Waals surface area contributed by atoms with Crippen LogP contribution in [0.3, 0.4) is 0 Å². The molecule has 0 aliphatic carbocycles. The van der Waals surface area contributed by atoms with Crippen LogP contribution in [0.25, 0.3) is 0 Å². The van der Waals surface area contributed by atoms with Crippen molar-refractivity contribution in [3.8, 4) is 11.5 Å². The van der Waals surface area contributed by atoms with Crippen LogP contribution in [0, 0.1) is 0 Å². The number of nitrogens with zero attached hydrogens (tertiary/aromatic N) is 1. The summed E-state index contributed by atoms with van der Waals surface area (Å²) in [7, 11) is 0. The Labute approximate surface area is 139 Å². The largest absolute Gasteiger partial charge is 0.485 e. The summed E-state index contributed by atoms with van der Waals surface area (Å²) in [6.07, 6.45) is -0.351. The molecule has 24 heavy (non-hydrogen) atoms. The third-order valence-electron chi connectivity index (χ3n) is 4.21. The molecule has 7 nitrogen and oxygen atoms in total. The van der Waals surface area contributed by atoms with Gasteiger partial charge >= 0.3 is 12.1 Å². The van der Waals surface area contributed by atoms with Crippen molar-refractivity contribution < 1.29 is 28.5 Å². The molecule has 1 amide bonds. The Hall–Kier alpha value is -2.44. The highest BCUT2D eigenvalue weighted by Gasteiger charge is 2.52. The summed E-state index contributed by atoms with van der Waals surface area (Å²) in [5, 5.41) is 0. The number of rotatable bonds is 0. The fourth-order valence-corrected chi connectivity index (χ4v) is 3.12. The predicted molar refractivity (Wildman–Crippen MR) is 82.2 cm³/mol. The van der Waals surface area contributed by atoms with Gasteiger partial charge in [0.1, 0.15) is 18.8 Å². The number of cyclic esters (lactones) is 1. The average Bonchev–Trinajstić information content (AvgIpc) is 2.84. The number of fused-ring (bicyclic) bond motifs is 3. The third-order valence-corrected chi connectivity index (χ3v) is 4.21. The molecular weight excluding hydrogens is 314 g/mol. The molecule has 3 aliphatic heterocycles. The van der Waals surface area contributed by atoms with Gasteiger partial charge in [-0.15, -0.1) is 0 Å². The molecule has 0 aromatic heterocycles. The van der Waals surface area contributed by atoms with E-state index in [9.17, 15) is 9.59 Å². The Bertz CT molecular complexity index is 729. The van der Waals surface area contributed by atoms with Gasteiger partial charge in [-0.1, -0.05) is 0 Å². The van der Waals surface area contributed by atoms with Gasteiger partial charge in [-0.3, -0.25) is 4.90 Å². The van der Waals surface area contributed by atoms with Gasteiger partial charge in [0.25, 0.3) is 0 Å². The molecule has 0 radical (unpaired) electrons. The van der Waals surface area contributed by atoms with E-state index in [4.69, 9.17) is 18.9 Å². The molecule has 0 saturated carbocycles. The molecule has 3 aliphatic rings. The van der Waals surface area contributed by atoms with E-state index in [1.807, 2.05) is 20.8 Å². The van der Waals surface area contributed by atoms with Crippen LogP contribution in [0.15, 0.2) is 12.1 Å². The molecule has 0 atom stereocenters. The molecule has 0 N–H and O–H groups in total. The first kappa shape index (κ1) is 15.1. The number of ether oxygens (including phenoxy) is 4. The van der Waals surface area contributed by atoms with E-state index in [0.717, 1.165) is 5.56 Å². The Morgan fingerprint density at radius 1 is 1.25 bits per heavy atom. The molecular formula is C17H19NO6. The minimum atomic E-state index is -0.554. The van der Waals surface area contributed by atoms with Crippen molar-refractivity contribution in [3.05, 3.63) is 23.3 Å². The predicted octanol–water partition coefficient (Wildman–Crippen LogP) is 2.12. The second-order valence-electron chi connectivity index (χ2n) is 7.41. The lowest BCUT2D eigenvalue weighted by Gasteiger charge is -2.50. The molecule has 128 valence electrons. The summed E-state index contributed by atoms with van der Waals surface area (Å²) in [4.78, 5) is 25.3. The standard InChI is InChI=1S/C17H19NO6/c1-16(2,3)24-15(20)18-7-17(8-18)9-22-13-11-6-21-14(19)10(11)4-5-12(13)23-17/h4-5H,6-9H2,1-3H3. The van der Waals surface area contributed by atoms with Crippen molar-refractivity contribution >= 4 is 12.1 Å². The first-order valence-corrected chi connectivity index (χ1v) is 7.89. The zero-order valence-electron chi connectivity index (χ0n) is 13.9. The fraction of sp³-hybridized carbons (Fsp3) is 0.529. The highest BCUT2D eigenvalue weighted by molar-refractivity contribution is 5.94. The molecule has 1 saturated heterocycles. The zero-order chi connectivity index (χ0) is 17.1. The summed E-state index contributed by atoms with van der Waals surface area (Å²) in [5.74, 6) is 0.818. The molecule has 1 aromatic carbocycles. The van der Waals surface area contributed by atoms with E-state index in [1.165, 1.54) is 0 Å². The first-order valence-electron chi connectivity index (χ1n) is 7.89. The molecule has 3 heterocycles. The molecule has 1 aromatic rings. The summed E-state index contributed by atoms with van der Waals surface area (Å²) in [5.41, 5.74) is 0.179. The molecule has 1 spiro atoms. The quantitative estimate of drug-likeness (QED) is 0.677. The lowest BCUT2D eigenvalue weighted by atomic mass is 9.93. The van der Waals surface area contributed by atoms with Gasteiger partial charge in [0.2, 0.25) is 0 Å². The van der Waals surface area contributed by atoms with E-state index in [2.05, 4.69) is 0 Å². The summed E-state index contributed by atoms with van der Waals surface area (Å²) in [6.45, 7) is 6.85. The zero-order valence-corrected chi connectivity index (χ0v) is 13.9. The highest BCUT2D eigenvalue weighted by atomic mass is 16.6. The highest BCUT2D eigenvalue weighted by Crippen LogP contribution is 2.44. The van der Waals surface area contributed by atoms with Gasteiger partial charge in [-0.05, 0) is 32.9 Å². The van der Waals surface area contributed by atoms with E-state index in [1.54, 1.807) is 17.0 Å². The second-order valence-corrected chi connectivity index (χ2v) is 7.41. The number of hydrogen-bond donors (Lipinski definition) is 0. The molecule has 0 bridgehead atoms. The lowest BCUT2D eigenvalue weighted by Crippen LogP contribution is -2.70. The summed E-state index contributed by atoms with van der Waals surface area (Å²) in [6, 6.07) is 3.41. The molecule has 0 unspecified atom stereocenters. The maximum atomic E-state index is 12.1.